The molecule has 1 aliphatic heterocycles. The molecule has 1 aliphatic rings. The highest BCUT2D eigenvalue weighted by Crippen LogP contribution is 2.30. The lowest BCUT2D eigenvalue weighted by Gasteiger charge is -2.21. The van der Waals surface area contributed by atoms with Crippen LogP contribution >= 0.6 is 0 Å². The van der Waals surface area contributed by atoms with Gasteiger partial charge in [-0.3, -0.25) is 0 Å². The smallest absolute Gasteiger partial charge is 0.416 e. The Labute approximate surface area is 103 Å². The van der Waals surface area contributed by atoms with E-state index in [9.17, 15) is 13.2 Å². The highest BCUT2D eigenvalue weighted by Gasteiger charge is 2.31. The molecular weight excluding hydrogens is 247 g/mol. The van der Waals surface area contributed by atoms with E-state index < -0.39 is 11.7 Å². The molecule has 0 amide bonds. The Morgan fingerprint density at radius 1 is 1.44 bits per heavy atom. The van der Waals surface area contributed by atoms with Gasteiger partial charge in [0.1, 0.15) is 0 Å². The molecule has 0 aromatic carbocycles. The second-order valence-corrected chi connectivity index (χ2v) is 4.27. The molecular formula is C12H14F3NO2. The maximum Gasteiger partial charge on any atom is 0.416 e. The first-order valence-electron chi connectivity index (χ1n) is 5.79. The Morgan fingerprint density at radius 3 is 2.94 bits per heavy atom. The first kappa shape index (κ1) is 13.1. The molecule has 0 saturated carbocycles. The number of rotatable bonds is 3. The quantitative estimate of drug-likeness (QED) is 0.838. The van der Waals surface area contributed by atoms with Crippen molar-refractivity contribution in [2.75, 3.05) is 19.8 Å². The third-order valence-electron chi connectivity index (χ3n) is 2.78. The highest BCUT2D eigenvalue weighted by atomic mass is 19.4. The minimum atomic E-state index is -4.37. The molecule has 6 heteroatoms. The molecule has 1 aromatic rings. The average molecular weight is 261 g/mol. The van der Waals surface area contributed by atoms with Gasteiger partial charge in [-0.15, -0.1) is 0 Å². The third-order valence-corrected chi connectivity index (χ3v) is 2.78. The van der Waals surface area contributed by atoms with Crippen LogP contribution in [0.15, 0.2) is 18.3 Å². The summed E-state index contributed by atoms with van der Waals surface area (Å²) in [6, 6.07) is 1.85. The maximum absolute atomic E-state index is 12.5. The van der Waals surface area contributed by atoms with E-state index in [-0.39, 0.29) is 11.8 Å². The molecule has 100 valence electrons. The van der Waals surface area contributed by atoms with Crippen LogP contribution in [0.1, 0.15) is 18.4 Å². The summed E-state index contributed by atoms with van der Waals surface area (Å²) in [5.74, 6) is 0.241. The summed E-state index contributed by atoms with van der Waals surface area (Å²) in [5, 5.41) is 0. The number of nitrogens with zero attached hydrogens (tertiary/aromatic N) is 1. The van der Waals surface area contributed by atoms with Gasteiger partial charge in [-0.2, -0.15) is 13.2 Å². The fourth-order valence-electron chi connectivity index (χ4n) is 1.81. The molecule has 3 nitrogen and oxygen atoms in total. The van der Waals surface area contributed by atoms with E-state index in [2.05, 4.69) is 4.98 Å². The second-order valence-electron chi connectivity index (χ2n) is 4.27. The largest absolute Gasteiger partial charge is 0.477 e. The van der Waals surface area contributed by atoms with E-state index in [1.165, 1.54) is 0 Å². The second kappa shape index (κ2) is 5.56. The Balaban J connectivity index is 1.92. The fraction of sp³-hybridized carbons (Fsp3) is 0.583. The van der Waals surface area contributed by atoms with Crippen molar-refractivity contribution in [1.82, 2.24) is 4.98 Å². The minimum absolute atomic E-state index is 0.00963. The predicted molar refractivity (Wildman–Crippen MR) is 58.3 cm³/mol. The number of hydrogen-bond acceptors (Lipinski definition) is 3. The van der Waals surface area contributed by atoms with Gasteiger partial charge in [-0.25, -0.2) is 4.98 Å². The Morgan fingerprint density at radius 2 is 2.28 bits per heavy atom. The van der Waals surface area contributed by atoms with Gasteiger partial charge < -0.3 is 9.47 Å². The van der Waals surface area contributed by atoms with E-state index in [0.717, 1.165) is 37.8 Å². The number of pyridine rings is 1. The van der Waals surface area contributed by atoms with Crippen molar-refractivity contribution in [3.05, 3.63) is 23.9 Å². The van der Waals surface area contributed by atoms with Crippen LogP contribution in [-0.2, 0) is 10.9 Å². The van der Waals surface area contributed by atoms with Crippen LogP contribution in [0, 0.1) is 5.92 Å². The van der Waals surface area contributed by atoms with Crippen LogP contribution in [0.3, 0.4) is 0 Å². The lowest BCUT2D eigenvalue weighted by molar-refractivity contribution is -0.137. The molecule has 0 N–H and O–H groups in total. The Hall–Kier alpha value is -1.30. The van der Waals surface area contributed by atoms with E-state index in [1.54, 1.807) is 0 Å². The third kappa shape index (κ3) is 3.60. The van der Waals surface area contributed by atoms with Crippen LogP contribution in [0.5, 0.6) is 5.88 Å². The van der Waals surface area contributed by atoms with Gasteiger partial charge in [0.25, 0.3) is 0 Å². The van der Waals surface area contributed by atoms with Crippen molar-refractivity contribution in [2.45, 2.75) is 19.0 Å². The zero-order valence-corrected chi connectivity index (χ0v) is 9.74. The van der Waals surface area contributed by atoms with Crippen molar-refractivity contribution < 1.29 is 22.6 Å². The van der Waals surface area contributed by atoms with E-state index in [4.69, 9.17) is 9.47 Å². The minimum Gasteiger partial charge on any atom is -0.477 e. The summed E-state index contributed by atoms with van der Waals surface area (Å²) >= 11 is 0. The van der Waals surface area contributed by atoms with Gasteiger partial charge in [-0.1, -0.05) is 0 Å². The molecule has 1 saturated heterocycles. The standard InChI is InChI=1S/C12H14F3NO2/c13-12(14,15)10-3-4-16-11(6-10)18-8-9-2-1-5-17-7-9/h3-4,6,9H,1-2,5,7-8H2. The molecule has 0 bridgehead atoms. The van der Waals surface area contributed by atoms with Gasteiger partial charge in [0, 0.05) is 24.8 Å². The molecule has 2 heterocycles. The van der Waals surface area contributed by atoms with Gasteiger partial charge in [0.15, 0.2) is 0 Å². The molecule has 0 spiro atoms. The van der Waals surface area contributed by atoms with Crippen molar-refractivity contribution in [1.29, 1.82) is 0 Å². The van der Waals surface area contributed by atoms with Gasteiger partial charge in [-0.05, 0) is 18.9 Å². The maximum atomic E-state index is 12.5. The SMILES string of the molecule is FC(F)(F)c1ccnc(OCC2CCCOC2)c1. The molecule has 18 heavy (non-hydrogen) atoms. The Bertz CT molecular complexity index is 389. The fourth-order valence-corrected chi connectivity index (χ4v) is 1.81. The lowest BCUT2D eigenvalue weighted by Crippen LogP contribution is -2.23. The van der Waals surface area contributed by atoms with E-state index >= 15 is 0 Å². The lowest BCUT2D eigenvalue weighted by atomic mass is 10.0. The van der Waals surface area contributed by atoms with Crippen molar-refractivity contribution in [3.63, 3.8) is 0 Å². The normalized spacial score (nSPS) is 20.7. The molecule has 1 fully saturated rings. The van der Waals surface area contributed by atoms with Gasteiger partial charge in [0.2, 0.25) is 5.88 Å². The highest BCUT2D eigenvalue weighted by molar-refractivity contribution is 5.22. The number of hydrogen-bond donors (Lipinski definition) is 0. The first-order valence-corrected chi connectivity index (χ1v) is 5.79. The molecule has 0 aliphatic carbocycles. The van der Waals surface area contributed by atoms with Crippen molar-refractivity contribution in [3.8, 4) is 5.88 Å². The summed E-state index contributed by atoms with van der Waals surface area (Å²) in [4.78, 5) is 3.77. The van der Waals surface area contributed by atoms with Gasteiger partial charge in [0.05, 0.1) is 18.8 Å². The molecule has 1 unspecified atom stereocenters. The van der Waals surface area contributed by atoms with Gasteiger partial charge >= 0.3 is 6.18 Å². The summed E-state index contributed by atoms with van der Waals surface area (Å²) in [6.07, 6.45) is -1.33. The van der Waals surface area contributed by atoms with Crippen LogP contribution < -0.4 is 4.74 Å². The van der Waals surface area contributed by atoms with E-state index in [0.29, 0.717) is 13.2 Å². The van der Waals surface area contributed by atoms with Crippen LogP contribution in [0.25, 0.3) is 0 Å². The summed E-state index contributed by atoms with van der Waals surface area (Å²) in [7, 11) is 0. The zero-order chi connectivity index (χ0) is 13.0. The number of aromatic nitrogens is 1. The number of ether oxygens (including phenoxy) is 2. The topological polar surface area (TPSA) is 31.4 Å². The molecule has 1 aromatic heterocycles. The van der Waals surface area contributed by atoms with Crippen LogP contribution in [-0.4, -0.2) is 24.8 Å². The monoisotopic (exact) mass is 261 g/mol. The predicted octanol–water partition coefficient (Wildman–Crippen LogP) is 2.91. The molecule has 0 radical (unpaired) electrons. The van der Waals surface area contributed by atoms with Crippen molar-refractivity contribution >= 4 is 0 Å². The molecule has 1 atom stereocenters. The summed E-state index contributed by atoms with van der Waals surface area (Å²) in [6.45, 7) is 1.69. The van der Waals surface area contributed by atoms with E-state index in [1.807, 2.05) is 0 Å². The zero-order valence-electron chi connectivity index (χ0n) is 9.74. The molecule has 2 rings (SSSR count). The number of halogens is 3. The van der Waals surface area contributed by atoms with Crippen LogP contribution in [0.2, 0.25) is 0 Å². The Kier molecular flexibility index (Phi) is 4.06. The summed E-state index contributed by atoms with van der Waals surface area (Å²) < 4.78 is 47.9. The average Bonchev–Trinajstić information content (AvgIpc) is 2.37. The first-order chi connectivity index (χ1) is 8.55. The van der Waals surface area contributed by atoms with Crippen molar-refractivity contribution in [2.24, 2.45) is 5.92 Å². The van der Waals surface area contributed by atoms with Crippen LogP contribution in [0.4, 0.5) is 13.2 Å². The summed E-state index contributed by atoms with van der Waals surface area (Å²) in [5.41, 5.74) is -0.743. The number of alkyl halides is 3.